The Balaban J connectivity index is 1.74. The van der Waals surface area contributed by atoms with Crippen molar-refractivity contribution >= 4 is 17.4 Å². The molecule has 0 bridgehead atoms. The van der Waals surface area contributed by atoms with Gasteiger partial charge < -0.3 is 24.2 Å². The Morgan fingerprint density at radius 3 is 2.31 bits per heavy atom. The highest BCUT2D eigenvalue weighted by molar-refractivity contribution is 6.46. The number of aliphatic hydroxyl groups excluding tert-OH is 1. The van der Waals surface area contributed by atoms with Gasteiger partial charge in [-0.15, -0.1) is 0 Å². The zero-order valence-corrected chi connectivity index (χ0v) is 20.3. The molecule has 4 rings (SSSR count). The standard InChI is InChI=1S/C29H29NO6/c1-3-17-35-22-14-12-20(13-15-22)27(31)25-26(30(16-18-34-2)29(33)28(25)32)21-8-7-11-24(19-21)36-23-9-5-4-6-10-23/h4-15,19,26,31H,3,16-18H2,1-2H3/b27-25+. The Labute approximate surface area is 210 Å². The predicted molar refractivity (Wildman–Crippen MR) is 136 cm³/mol. The number of nitrogens with zero attached hydrogens (tertiary/aromatic N) is 1. The topological polar surface area (TPSA) is 85.3 Å². The number of amides is 1. The number of ketones is 1. The number of carbonyl (C=O) groups is 2. The van der Waals surface area contributed by atoms with Gasteiger partial charge in [-0.25, -0.2) is 0 Å². The molecule has 0 aliphatic carbocycles. The van der Waals surface area contributed by atoms with Gasteiger partial charge in [0.2, 0.25) is 0 Å². The molecule has 1 unspecified atom stereocenters. The van der Waals surface area contributed by atoms with Crippen LogP contribution in [0.5, 0.6) is 17.2 Å². The van der Waals surface area contributed by atoms with Crippen molar-refractivity contribution in [3.8, 4) is 17.2 Å². The summed E-state index contributed by atoms with van der Waals surface area (Å²) in [6, 6.07) is 22.5. The Kier molecular flexibility index (Phi) is 8.02. The number of hydrogen-bond acceptors (Lipinski definition) is 6. The molecule has 7 heteroatoms. The summed E-state index contributed by atoms with van der Waals surface area (Å²) in [7, 11) is 1.53. The molecule has 3 aromatic carbocycles. The minimum absolute atomic E-state index is 0.0233. The lowest BCUT2D eigenvalue weighted by Gasteiger charge is -2.25. The molecule has 1 aliphatic heterocycles. The number of Topliss-reactive ketones (excluding diaryl/α,β-unsaturated/α-hetero) is 1. The van der Waals surface area contributed by atoms with Crippen LogP contribution in [-0.4, -0.2) is 48.6 Å². The molecule has 0 aromatic heterocycles. The van der Waals surface area contributed by atoms with Crippen molar-refractivity contribution in [1.82, 2.24) is 4.90 Å². The van der Waals surface area contributed by atoms with Gasteiger partial charge in [-0.2, -0.15) is 0 Å². The fraction of sp³-hybridized carbons (Fsp3) is 0.241. The average Bonchev–Trinajstić information content (AvgIpc) is 3.16. The fourth-order valence-corrected chi connectivity index (χ4v) is 4.10. The van der Waals surface area contributed by atoms with Crippen molar-refractivity contribution in [3.63, 3.8) is 0 Å². The minimum atomic E-state index is -0.796. The van der Waals surface area contributed by atoms with Crippen molar-refractivity contribution in [1.29, 1.82) is 0 Å². The smallest absolute Gasteiger partial charge is 0.295 e. The van der Waals surface area contributed by atoms with Crippen LogP contribution in [0.3, 0.4) is 0 Å². The molecule has 36 heavy (non-hydrogen) atoms. The summed E-state index contributed by atoms with van der Waals surface area (Å²) >= 11 is 0. The van der Waals surface area contributed by atoms with Crippen molar-refractivity contribution in [2.24, 2.45) is 0 Å². The van der Waals surface area contributed by atoms with Crippen LogP contribution in [0.15, 0.2) is 84.4 Å². The molecular weight excluding hydrogens is 458 g/mol. The van der Waals surface area contributed by atoms with Gasteiger partial charge in [0.1, 0.15) is 23.0 Å². The van der Waals surface area contributed by atoms with Gasteiger partial charge in [-0.05, 0) is 60.5 Å². The van der Waals surface area contributed by atoms with E-state index >= 15 is 0 Å². The third-order valence-electron chi connectivity index (χ3n) is 5.83. The number of rotatable bonds is 10. The van der Waals surface area contributed by atoms with Crippen LogP contribution in [0.1, 0.15) is 30.5 Å². The number of hydrogen-bond donors (Lipinski definition) is 1. The molecule has 1 atom stereocenters. The lowest BCUT2D eigenvalue weighted by molar-refractivity contribution is -0.140. The molecule has 3 aromatic rings. The van der Waals surface area contributed by atoms with E-state index in [1.807, 2.05) is 43.3 Å². The molecule has 1 amide bonds. The van der Waals surface area contributed by atoms with E-state index in [9.17, 15) is 14.7 Å². The van der Waals surface area contributed by atoms with Gasteiger partial charge in [0.15, 0.2) is 0 Å². The zero-order valence-electron chi connectivity index (χ0n) is 20.3. The van der Waals surface area contributed by atoms with E-state index in [1.165, 1.54) is 12.0 Å². The minimum Gasteiger partial charge on any atom is -0.507 e. The number of para-hydroxylation sites is 1. The SMILES string of the molecule is CCCOc1ccc(/C(O)=C2\C(=O)C(=O)N(CCOC)C2c2cccc(Oc3ccccc3)c2)cc1. The van der Waals surface area contributed by atoms with E-state index in [4.69, 9.17) is 14.2 Å². The third-order valence-corrected chi connectivity index (χ3v) is 5.83. The van der Waals surface area contributed by atoms with Crippen LogP contribution in [-0.2, 0) is 14.3 Å². The Morgan fingerprint density at radius 1 is 0.889 bits per heavy atom. The molecule has 1 fully saturated rings. The van der Waals surface area contributed by atoms with Crippen LogP contribution in [0.2, 0.25) is 0 Å². The molecule has 7 nitrogen and oxygen atoms in total. The highest BCUT2D eigenvalue weighted by Crippen LogP contribution is 2.40. The first-order chi connectivity index (χ1) is 17.5. The summed E-state index contributed by atoms with van der Waals surface area (Å²) in [6.07, 6.45) is 0.875. The van der Waals surface area contributed by atoms with E-state index in [0.29, 0.717) is 35.0 Å². The largest absolute Gasteiger partial charge is 0.507 e. The second kappa shape index (κ2) is 11.6. The summed E-state index contributed by atoms with van der Waals surface area (Å²) in [5.41, 5.74) is 1.09. The van der Waals surface area contributed by atoms with Crippen LogP contribution >= 0.6 is 0 Å². The van der Waals surface area contributed by atoms with Crippen molar-refractivity contribution in [2.45, 2.75) is 19.4 Å². The summed E-state index contributed by atoms with van der Waals surface area (Å²) in [5.74, 6) is 0.207. The maximum absolute atomic E-state index is 13.2. The van der Waals surface area contributed by atoms with E-state index in [0.717, 1.165) is 6.42 Å². The third kappa shape index (κ3) is 5.42. The zero-order chi connectivity index (χ0) is 25.5. The first-order valence-corrected chi connectivity index (χ1v) is 11.9. The van der Waals surface area contributed by atoms with Crippen LogP contribution in [0.4, 0.5) is 0 Å². The molecule has 1 aliphatic rings. The predicted octanol–water partition coefficient (Wildman–Crippen LogP) is 5.34. The quantitative estimate of drug-likeness (QED) is 0.236. The van der Waals surface area contributed by atoms with Crippen LogP contribution in [0, 0.1) is 0 Å². The Bertz CT molecular complexity index is 1240. The van der Waals surface area contributed by atoms with E-state index < -0.39 is 17.7 Å². The van der Waals surface area contributed by atoms with Gasteiger partial charge in [0.25, 0.3) is 11.7 Å². The first kappa shape index (κ1) is 25.0. The van der Waals surface area contributed by atoms with Gasteiger partial charge in [0, 0.05) is 19.2 Å². The lowest BCUT2D eigenvalue weighted by Crippen LogP contribution is -2.32. The van der Waals surface area contributed by atoms with E-state index in [1.54, 1.807) is 42.5 Å². The summed E-state index contributed by atoms with van der Waals surface area (Å²) in [6.45, 7) is 3.03. The Morgan fingerprint density at radius 2 is 1.61 bits per heavy atom. The average molecular weight is 488 g/mol. The summed E-state index contributed by atoms with van der Waals surface area (Å²) < 4.78 is 16.8. The highest BCUT2D eigenvalue weighted by Gasteiger charge is 2.46. The number of ether oxygens (including phenoxy) is 3. The Hall–Kier alpha value is -4.10. The van der Waals surface area contributed by atoms with E-state index in [-0.39, 0.29) is 24.5 Å². The number of benzene rings is 3. The second-order valence-electron chi connectivity index (χ2n) is 8.35. The summed E-state index contributed by atoms with van der Waals surface area (Å²) in [4.78, 5) is 27.6. The van der Waals surface area contributed by atoms with Crippen LogP contribution in [0.25, 0.3) is 5.76 Å². The van der Waals surface area contributed by atoms with Gasteiger partial charge in [0.05, 0.1) is 24.8 Å². The first-order valence-electron chi connectivity index (χ1n) is 11.9. The molecule has 0 saturated carbocycles. The monoisotopic (exact) mass is 487 g/mol. The maximum atomic E-state index is 13.2. The van der Waals surface area contributed by atoms with Crippen molar-refractivity contribution in [3.05, 3.63) is 95.6 Å². The van der Waals surface area contributed by atoms with Gasteiger partial charge >= 0.3 is 0 Å². The van der Waals surface area contributed by atoms with Crippen molar-refractivity contribution in [2.75, 3.05) is 26.9 Å². The highest BCUT2D eigenvalue weighted by atomic mass is 16.5. The summed E-state index contributed by atoms with van der Waals surface area (Å²) in [5, 5.41) is 11.2. The number of carbonyl (C=O) groups excluding carboxylic acids is 2. The molecule has 186 valence electrons. The number of likely N-dealkylation sites (tertiary alicyclic amines) is 1. The molecule has 1 N–H and O–H groups in total. The van der Waals surface area contributed by atoms with Crippen LogP contribution < -0.4 is 9.47 Å². The molecule has 1 heterocycles. The maximum Gasteiger partial charge on any atom is 0.295 e. The fourth-order valence-electron chi connectivity index (χ4n) is 4.10. The lowest BCUT2D eigenvalue weighted by atomic mass is 9.95. The molecular formula is C29H29NO6. The molecule has 0 spiro atoms. The molecule has 1 saturated heterocycles. The molecule has 0 radical (unpaired) electrons. The number of methoxy groups -OCH3 is 1. The van der Waals surface area contributed by atoms with Gasteiger partial charge in [-0.1, -0.05) is 37.3 Å². The van der Waals surface area contributed by atoms with Crippen molar-refractivity contribution < 1.29 is 28.9 Å². The van der Waals surface area contributed by atoms with E-state index in [2.05, 4.69) is 0 Å². The van der Waals surface area contributed by atoms with Gasteiger partial charge in [-0.3, -0.25) is 9.59 Å². The normalized spacial score (nSPS) is 16.8. The second-order valence-corrected chi connectivity index (χ2v) is 8.35. The number of aliphatic hydroxyl groups is 1.